The number of aryl methyl sites for hydroxylation is 2. The minimum atomic E-state index is -3.68. The predicted octanol–water partition coefficient (Wildman–Crippen LogP) is 5.37. The van der Waals surface area contributed by atoms with Gasteiger partial charge in [-0.25, -0.2) is 8.42 Å². The van der Waals surface area contributed by atoms with Gasteiger partial charge in [-0.3, -0.25) is 4.31 Å². The third-order valence-corrected chi connectivity index (χ3v) is 8.51. The lowest BCUT2D eigenvalue weighted by atomic mass is 9.73. The van der Waals surface area contributed by atoms with E-state index in [2.05, 4.69) is 25.1 Å². The lowest BCUT2D eigenvalue weighted by Gasteiger charge is -2.46. The van der Waals surface area contributed by atoms with Crippen molar-refractivity contribution in [2.75, 3.05) is 17.5 Å². The molecule has 1 saturated heterocycles. The van der Waals surface area contributed by atoms with E-state index in [0.29, 0.717) is 18.0 Å². The number of benzene rings is 3. The number of nitrogens with zero attached hydrogens (tertiary/aromatic N) is 1. The van der Waals surface area contributed by atoms with Crippen LogP contribution in [0.1, 0.15) is 40.7 Å². The summed E-state index contributed by atoms with van der Waals surface area (Å²) in [6.45, 7) is 5.15. The van der Waals surface area contributed by atoms with Crippen molar-refractivity contribution in [2.24, 2.45) is 5.92 Å². The fourth-order valence-electron chi connectivity index (χ4n) is 5.09. The number of sulfonamides is 1. The van der Waals surface area contributed by atoms with Gasteiger partial charge in [-0.2, -0.15) is 0 Å². The van der Waals surface area contributed by atoms with Crippen LogP contribution in [0.2, 0.25) is 0 Å². The minimum Gasteiger partial charge on any atom is -0.373 e. The van der Waals surface area contributed by atoms with E-state index in [9.17, 15) is 8.42 Å². The summed E-state index contributed by atoms with van der Waals surface area (Å²) >= 11 is 0. The van der Waals surface area contributed by atoms with Crippen LogP contribution < -0.4 is 4.31 Å². The first-order valence-electron chi connectivity index (χ1n) is 10.8. The number of ether oxygens (including phenoxy) is 1. The molecule has 0 spiro atoms. The SMILES string of the molecule is Cc1ccc(S(=O)(=O)N2C[C@H]3[C@@H](c4ccccc4C)OCC[C@H]3c3ccccc32)cc1. The second-order valence-electron chi connectivity index (χ2n) is 8.62. The summed E-state index contributed by atoms with van der Waals surface area (Å²) in [5.41, 5.74) is 5.29. The second-order valence-corrected chi connectivity index (χ2v) is 10.5. The number of para-hydroxylation sites is 1. The molecule has 0 aliphatic carbocycles. The van der Waals surface area contributed by atoms with Gasteiger partial charge in [-0.05, 0) is 61.1 Å². The van der Waals surface area contributed by atoms with E-state index in [-0.39, 0.29) is 17.9 Å². The third kappa shape index (κ3) is 3.46. The van der Waals surface area contributed by atoms with Crippen molar-refractivity contribution in [3.63, 3.8) is 0 Å². The highest BCUT2D eigenvalue weighted by Crippen LogP contribution is 2.50. The fraction of sp³-hybridized carbons (Fsp3) is 0.308. The van der Waals surface area contributed by atoms with Gasteiger partial charge in [0.15, 0.2) is 0 Å². The highest BCUT2D eigenvalue weighted by molar-refractivity contribution is 7.92. The molecule has 0 N–H and O–H groups in total. The molecule has 2 aliphatic rings. The first-order chi connectivity index (χ1) is 15.0. The standard InChI is InChI=1S/C26H27NO3S/c1-18-11-13-20(14-12-18)31(28,29)27-17-24-22(23-9-5-6-10-25(23)27)15-16-30-26(24)21-8-4-3-7-19(21)2/h3-14,22,24,26H,15-17H2,1-2H3/t22-,24+,26+/m0/s1. The molecule has 4 nitrogen and oxygen atoms in total. The van der Waals surface area contributed by atoms with E-state index in [1.807, 2.05) is 49.4 Å². The Bertz CT molecular complexity index is 1200. The van der Waals surface area contributed by atoms with Gasteiger partial charge in [-0.1, -0.05) is 60.2 Å². The van der Waals surface area contributed by atoms with E-state index in [1.165, 1.54) is 5.56 Å². The summed E-state index contributed by atoms with van der Waals surface area (Å²) in [6, 6.07) is 23.4. The van der Waals surface area contributed by atoms with Gasteiger partial charge in [0.1, 0.15) is 0 Å². The van der Waals surface area contributed by atoms with E-state index in [4.69, 9.17) is 4.74 Å². The molecule has 5 rings (SSSR count). The number of hydrogen-bond acceptors (Lipinski definition) is 3. The Labute approximate surface area is 184 Å². The van der Waals surface area contributed by atoms with Gasteiger partial charge in [0.2, 0.25) is 0 Å². The molecule has 0 amide bonds. The average Bonchev–Trinajstić information content (AvgIpc) is 2.79. The lowest BCUT2D eigenvalue weighted by Crippen LogP contribution is -2.46. The molecule has 3 aromatic rings. The molecular weight excluding hydrogens is 406 g/mol. The highest BCUT2D eigenvalue weighted by atomic mass is 32.2. The van der Waals surface area contributed by atoms with Crippen LogP contribution in [-0.4, -0.2) is 21.6 Å². The molecule has 3 aromatic carbocycles. The van der Waals surface area contributed by atoms with Gasteiger partial charge < -0.3 is 4.74 Å². The number of rotatable bonds is 3. The summed E-state index contributed by atoms with van der Waals surface area (Å²) in [7, 11) is -3.68. The Morgan fingerprint density at radius 1 is 0.871 bits per heavy atom. The second kappa shape index (κ2) is 7.81. The van der Waals surface area contributed by atoms with Crippen molar-refractivity contribution >= 4 is 15.7 Å². The molecule has 1 fully saturated rings. The first-order valence-corrected chi connectivity index (χ1v) is 12.3. The van der Waals surface area contributed by atoms with Crippen molar-refractivity contribution in [1.29, 1.82) is 0 Å². The van der Waals surface area contributed by atoms with E-state index < -0.39 is 10.0 Å². The molecule has 3 atom stereocenters. The zero-order valence-electron chi connectivity index (χ0n) is 17.9. The molecule has 0 radical (unpaired) electrons. The number of hydrogen-bond donors (Lipinski definition) is 0. The predicted molar refractivity (Wildman–Crippen MR) is 123 cm³/mol. The lowest BCUT2D eigenvalue weighted by molar-refractivity contribution is -0.0387. The molecule has 2 heterocycles. The van der Waals surface area contributed by atoms with Crippen molar-refractivity contribution in [3.8, 4) is 0 Å². The van der Waals surface area contributed by atoms with Gasteiger partial charge in [0, 0.05) is 19.1 Å². The largest absolute Gasteiger partial charge is 0.373 e. The Morgan fingerprint density at radius 2 is 1.55 bits per heavy atom. The topological polar surface area (TPSA) is 46.6 Å². The quantitative estimate of drug-likeness (QED) is 0.558. The molecule has 160 valence electrons. The molecular formula is C26H27NO3S. The summed E-state index contributed by atoms with van der Waals surface area (Å²) in [6.07, 6.45) is 0.784. The average molecular weight is 434 g/mol. The van der Waals surface area contributed by atoms with Crippen LogP contribution in [0.25, 0.3) is 0 Å². The Kier molecular flexibility index (Phi) is 5.11. The van der Waals surface area contributed by atoms with Crippen LogP contribution in [0.15, 0.2) is 77.7 Å². The van der Waals surface area contributed by atoms with Crippen molar-refractivity contribution in [2.45, 2.75) is 37.2 Å². The fourth-order valence-corrected chi connectivity index (χ4v) is 6.62. The maximum Gasteiger partial charge on any atom is 0.264 e. The Hall–Kier alpha value is -2.63. The van der Waals surface area contributed by atoms with Crippen LogP contribution in [0.3, 0.4) is 0 Å². The van der Waals surface area contributed by atoms with Gasteiger partial charge in [0.05, 0.1) is 16.7 Å². The summed E-state index contributed by atoms with van der Waals surface area (Å²) in [4.78, 5) is 0.329. The van der Waals surface area contributed by atoms with Gasteiger partial charge in [0.25, 0.3) is 10.0 Å². The smallest absolute Gasteiger partial charge is 0.264 e. The zero-order chi connectivity index (χ0) is 21.6. The zero-order valence-corrected chi connectivity index (χ0v) is 18.7. The number of anilines is 1. The summed E-state index contributed by atoms with van der Waals surface area (Å²) in [5.74, 6) is 0.337. The summed E-state index contributed by atoms with van der Waals surface area (Å²) in [5, 5.41) is 0. The van der Waals surface area contributed by atoms with Crippen molar-refractivity contribution < 1.29 is 13.2 Å². The molecule has 0 bridgehead atoms. The van der Waals surface area contributed by atoms with Gasteiger partial charge in [-0.15, -0.1) is 0 Å². The normalized spacial score (nSPS) is 23.2. The first kappa shape index (κ1) is 20.3. The van der Waals surface area contributed by atoms with E-state index in [0.717, 1.165) is 28.8 Å². The minimum absolute atomic E-state index is 0.0602. The molecule has 0 unspecified atom stereocenters. The molecule has 2 aliphatic heterocycles. The molecule has 31 heavy (non-hydrogen) atoms. The molecule has 0 aromatic heterocycles. The summed E-state index contributed by atoms with van der Waals surface area (Å²) < 4.78 is 35.4. The third-order valence-electron chi connectivity index (χ3n) is 6.72. The molecule has 5 heteroatoms. The Balaban J connectivity index is 1.62. The van der Waals surface area contributed by atoms with E-state index in [1.54, 1.807) is 16.4 Å². The Morgan fingerprint density at radius 3 is 2.29 bits per heavy atom. The molecule has 0 saturated carbocycles. The van der Waals surface area contributed by atoms with Crippen molar-refractivity contribution in [3.05, 3.63) is 95.1 Å². The van der Waals surface area contributed by atoms with Crippen LogP contribution >= 0.6 is 0 Å². The monoisotopic (exact) mass is 433 g/mol. The maximum absolute atomic E-state index is 13.7. The van der Waals surface area contributed by atoms with Crippen LogP contribution in [0, 0.1) is 19.8 Å². The van der Waals surface area contributed by atoms with Crippen molar-refractivity contribution in [1.82, 2.24) is 0 Å². The highest BCUT2D eigenvalue weighted by Gasteiger charge is 2.45. The van der Waals surface area contributed by atoms with Gasteiger partial charge >= 0.3 is 0 Å². The van der Waals surface area contributed by atoms with E-state index >= 15 is 0 Å². The number of fused-ring (bicyclic) bond motifs is 3. The van der Waals surface area contributed by atoms with Crippen LogP contribution in [-0.2, 0) is 14.8 Å². The van der Waals surface area contributed by atoms with Crippen LogP contribution in [0.4, 0.5) is 5.69 Å². The maximum atomic E-state index is 13.7. The van der Waals surface area contributed by atoms with Crippen LogP contribution in [0.5, 0.6) is 0 Å².